The van der Waals surface area contributed by atoms with Gasteiger partial charge >= 0.3 is 0 Å². The fourth-order valence-electron chi connectivity index (χ4n) is 2.26. The molecule has 8 heteroatoms. The number of hydrogen-bond donors (Lipinski definition) is 1. The number of halogens is 2. The van der Waals surface area contributed by atoms with E-state index in [4.69, 9.17) is 4.52 Å². The highest BCUT2D eigenvalue weighted by atomic mass is 35.5. The van der Waals surface area contributed by atoms with Crippen LogP contribution in [-0.2, 0) is 19.3 Å². The van der Waals surface area contributed by atoms with Gasteiger partial charge in [0.05, 0.1) is 17.1 Å². The van der Waals surface area contributed by atoms with Crippen LogP contribution < -0.4 is 5.32 Å². The van der Waals surface area contributed by atoms with Crippen molar-refractivity contribution in [2.45, 2.75) is 32.2 Å². The van der Waals surface area contributed by atoms with Gasteiger partial charge in [0, 0.05) is 24.3 Å². The van der Waals surface area contributed by atoms with E-state index in [0.29, 0.717) is 30.6 Å². The number of nitrogens with one attached hydrogen (secondary N) is 1. The molecule has 2 aromatic heterocycles. The standard InChI is InChI=1S/C17H19FN4OS.ClH/c1-11(19-2)7-15-21-16(23-22-15)9-14-10-24-17(20-14)8-12-3-5-13(18)6-4-12;/h3-6,10-11,19H,7-9H2,1-2H3;1H. The topological polar surface area (TPSA) is 63.8 Å². The Morgan fingerprint density at radius 2 is 1.96 bits per heavy atom. The van der Waals surface area contributed by atoms with Crippen molar-refractivity contribution < 1.29 is 8.91 Å². The number of nitrogens with zero attached hydrogens (tertiary/aromatic N) is 3. The summed E-state index contributed by atoms with van der Waals surface area (Å²) in [5.41, 5.74) is 1.95. The maximum Gasteiger partial charge on any atom is 0.232 e. The van der Waals surface area contributed by atoms with Gasteiger partial charge in [0.1, 0.15) is 5.82 Å². The second-order valence-electron chi connectivity index (χ2n) is 5.71. The number of hydrogen-bond acceptors (Lipinski definition) is 6. The quantitative estimate of drug-likeness (QED) is 0.678. The van der Waals surface area contributed by atoms with Crippen molar-refractivity contribution >= 4 is 23.7 Å². The molecule has 3 aromatic rings. The highest BCUT2D eigenvalue weighted by Crippen LogP contribution is 2.17. The second-order valence-corrected chi connectivity index (χ2v) is 6.65. The Balaban J connectivity index is 0.00000225. The van der Waals surface area contributed by atoms with Gasteiger partial charge in [0.2, 0.25) is 5.89 Å². The molecule has 1 unspecified atom stereocenters. The van der Waals surface area contributed by atoms with Crippen molar-refractivity contribution in [2.75, 3.05) is 7.05 Å². The van der Waals surface area contributed by atoms with Gasteiger partial charge in [-0.2, -0.15) is 4.98 Å². The molecule has 0 fully saturated rings. The average Bonchev–Trinajstić information content (AvgIpc) is 3.19. The number of rotatable bonds is 7. The number of likely N-dealkylation sites (N-methyl/N-ethyl adjacent to an activating group) is 1. The number of benzene rings is 1. The summed E-state index contributed by atoms with van der Waals surface area (Å²) < 4.78 is 18.2. The summed E-state index contributed by atoms with van der Waals surface area (Å²) in [5, 5.41) is 10.1. The van der Waals surface area contributed by atoms with Gasteiger partial charge < -0.3 is 9.84 Å². The van der Waals surface area contributed by atoms with E-state index >= 15 is 0 Å². The fraction of sp³-hybridized carbons (Fsp3) is 0.353. The lowest BCUT2D eigenvalue weighted by Gasteiger charge is -2.04. The van der Waals surface area contributed by atoms with Crippen LogP contribution in [0.5, 0.6) is 0 Å². The fourth-order valence-corrected chi connectivity index (χ4v) is 3.09. The summed E-state index contributed by atoms with van der Waals surface area (Å²) in [7, 11) is 1.91. The lowest BCUT2D eigenvalue weighted by atomic mass is 10.1. The Bertz CT molecular complexity index is 790. The molecule has 3 rings (SSSR count). The van der Waals surface area contributed by atoms with E-state index in [9.17, 15) is 4.39 Å². The van der Waals surface area contributed by atoms with Crippen molar-refractivity contribution in [3.05, 3.63) is 63.4 Å². The second kappa shape index (κ2) is 9.03. The van der Waals surface area contributed by atoms with E-state index in [-0.39, 0.29) is 18.2 Å². The molecule has 134 valence electrons. The molecule has 1 atom stereocenters. The first-order valence-electron chi connectivity index (χ1n) is 7.79. The number of aromatic nitrogens is 3. The summed E-state index contributed by atoms with van der Waals surface area (Å²) in [6, 6.07) is 6.80. The summed E-state index contributed by atoms with van der Waals surface area (Å²) in [4.78, 5) is 9.00. The van der Waals surface area contributed by atoms with Crippen LogP contribution in [0, 0.1) is 5.82 Å². The molecule has 1 aromatic carbocycles. The maximum atomic E-state index is 12.9. The minimum absolute atomic E-state index is 0. The Hall–Kier alpha value is -1.83. The summed E-state index contributed by atoms with van der Waals surface area (Å²) in [5.74, 6) is 1.05. The molecule has 25 heavy (non-hydrogen) atoms. The van der Waals surface area contributed by atoms with Crippen LogP contribution in [0.1, 0.15) is 34.9 Å². The maximum absolute atomic E-state index is 12.9. The van der Waals surface area contributed by atoms with E-state index in [1.165, 1.54) is 12.1 Å². The minimum atomic E-state index is -0.224. The van der Waals surface area contributed by atoms with Gasteiger partial charge in [-0.3, -0.25) is 0 Å². The Morgan fingerprint density at radius 3 is 2.68 bits per heavy atom. The predicted molar refractivity (Wildman–Crippen MR) is 97.9 cm³/mol. The molecular formula is C17H20ClFN4OS. The zero-order chi connectivity index (χ0) is 16.9. The molecule has 0 aliphatic rings. The molecule has 1 N–H and O–H groups in total. The molecule has 0 aliphatic heterocycles. The molecule has 0 saturated heterocycles. The summed E-state index contributed by atoms with van der Waals surface area (Å²) in [6.45, 7) is 2.07. The Kier molecular flexibility index (Phi) is 7.04. The highest BCUT2D eigenvalue weighted by molar-refractivity contribution is 7.09. The molecule has 0 amide bonds. The van der Waals surface area contributed by atoms with E-state index in [1.807, 2.05) is 12.4 Å². The van der Waals surface area contributed by atoms with Crippen LogP contribution in [0.3, 0.4) is 0 Å². The Labute approximate surface area is 156 Å². The lowest BCUT2D eigenvalue weighted by Crippen LogP contribution is -2.24. The van der Waals surface area contributed by atoms with E-state index in [1.54, 1.807) is 23.5 Å². The Morgan fingerprint density at radius 1 is 1.20 bits per heavy atom. The van der Waals surface area contributed by atoms with Gasteiger partial charge in [-0.25, -0.2) is 9.37 Å². The van der Waals surface area contributed by atoms with Crippen LogP contribution in [0.4, 0.5) is 4.39 Å². The third kappa shape index (κ3) is 5.59. The van der Waals surface area contributed by atoms with Crippen molar-refractivity contribution in [2.24, 2.45) is 0 Å². The lowest BCUT2D eigenvalue weighted by molar-refractivity contribution is 0.376. The first-order chi connectivity index (χ1) is 11.6. The molecule has 0 radical (unpaired) electrons. The molecular weight excluding hydrogens is 363 g/mol. The SMILES string of the molecule is CNC(C)Cc1noc(Cc2csc(Cc3ccc(F)cc3)n2)n1.Cl. The third-order valence-electron chi connectivity index (χ3n) is 3.69. The smallest absolute Gasteiger partial charge is 0.232 e. The van der Waals surface area contributed by atoms with Gasteiger partial charge in [0.15, 0.2) is 5.82 Å². The zero-order valence-corrected chi connectivity index (χ0v) is 15.7. The monoisotopic (exact) mass is 382 g/mol. The van der Waals surface area contributed by atoms with E-state index in [0.717, 1.165) is 22.7 Å². The van der Waals surface area contributed by atoms with Gasteiger partial charge in [-0.15, -0.1) is 23.7 Å². The van der Waals surface area contributed by atoms with Crippen molar-refractivity contribution in [3.63, 3.8) is 0 Å². The zero-order valence-electron chi connectivity index (χ0n) is 14.0. The normalized spacial score (nSPS) is 12.0. The third-order valence-corrected chi connectivity index (χ3v) is 4.59. The van der Waals surface area contributed by atoms with Crippen LogP contribution >= 0.6 is 23.7 Å². The summed E-state index contributed by atoms with van der Waals surface area (Å²) >= 11 is 1.58. The van der Waals surface area contributed by atoms with Crippen LogP contribution in [-0.4, -0.2) is 28.2 Å². The molecule has 0 aliphatic carbocycles. The first-order valence-corrected chi connectivity index (χ1v) is 8.67. The molecule has 2 heterocycles. The van der Waals surface area contributed by atoms with Gasteiger partial charge in [-0.05, 0) is 31.7 Å². The van der Waals surface area contributed by atoms with Crippen LogP contribution in [0.25, 0.3) is 0 Å². The summed E-state index contributed by atoms with van der Waals surface area (Å²) in [6.07, 6.45) is 1.95. The van der Waals surface area contributed by atoms with Gasteiger partial charge in [0.25, 0.3) is 0 Å². The highest BCUT2D eigenvalue weighted by Gasteiger charge is 2.12. The van der Waals surface area contributed by atoms with Crippen molar-refractivity contribution in [1.29, 1.82) is 0 Å². The molecule has 0 saturated carbocycles. The largest absolute Gasteiger partial charge is 0.339 e. The molecule has 0 spiro atoms. The van der Waals surface area contributed by atoms with Crippen molar-refractivity contribution in [1.82, 2.24) is 20.4 Å². The van der Waals surface area contributed by atoms with Crippen LogP contribution in [0.15, 0.2) is 34.2 Å². The average molecular weight is 383 g/mol. The minimum Gasteiger partial charge on any atom is -0.339 e. The van der Waals surface area contributed by atoms with Crippen LogP contribution in [0.2, 0.25) is 0 Å². The number of thiazole rings is 1. The van der Waals surface area contributed by atoms with Gasteiger partial charge in [-0.1, -0.05) is 17.3 Å². The molecule has 5 nitrogen and oxygen atoms in total. The van der Waals surface area contributed by atoms with E-state index < -0.39 is 0 Å². The van der Waals surface area contributed by atoms with Crippen molar-refractivity contribution in [3.8, 4) is 0 Å². The first kappa shape index (κ1) is 19.5. The van der Waals surface area contributed by atoms with E-state index in [2.05, 4.69) is 27.4 Å². The molecule has 0 bridgehead atoms. The predicted octanol–water partition coefficient (Wildman–Crippen LogP) is 3.42.